The molecule has 0 saturated heterocycles. The molecule has 1 rings (SSSR count). The molecule has 1 aromatic heterocycles. The Bertz CT molecular complexity index is 1090. The zero-order chi connectivity index (χ0) is 34.4. The van der Waals surface area contributed by atoms with Gasteiger partial charge in [-0.05, 0) is 63.2 Å². The first-order chi connectivity index (χ1) is 21.0. The van der Waals surface area contributed by atoms with Crippen LogP contribution in [0.25, 0.3) is 0 Å². The highest BCUT2D eigenvalue weighted by Crippen LogP contribution is 2.17. The first kappa shape index (κ1) is 40.4. The van der Waals surface area contributed by atoms with Gasteiger partial charge < -0.3 is 26.4 Å². The number of carbonyl (C=O) groups excluding carboxylic acids is 4. The van der Waals surface area contributed by atoms with E-state index in [1.165, 1.54) is 11.8 Å². The fourth-order valence-corrected chi connectivity index (χ4v) is 5.66. The SMILES string of the molecule is CC[C@@H](Cn1nc(C)cc1C)C(=O)N[C@@H](CSC)C(=O)N[C@H](CC(C)C)[C@@H](O)C[C@@H](C)C(=O)N[C@@H](C(=O)NCC(C)C)C(C)C. The Morgan fingerprint density at radius 1 is 0.889 bits per heavy atom. The van der Waals surface area contributed by atoms with Crippen LogP contribution in [0.4, 0.5) is 0 Å². The van der Waals surface area contributed by atoms with E-state index < -0.39 is 30.1 Å². The van der Waals surface area contributed by atoms with Crippen molar-refractivity contribution in [1.82, 2.24) is 31.0 Å². The molecule has 1 aromatic rings. The molecule has 6 atom stereocenters. The summed E-state index contributed by atoms with van der Waals surface area (Å²) in [5.41, 5.74) is 1.86. The summed E-state index contributed by atoms with van der Waals surface area (Å²) in [7, 11) is 0. The predicted octanol–water partition coefficient (Wildman–Crippen LogP) is 3.20. The van der Waals surface area contributed by atoms with Crippen molar-refractivity contribution < 1.29 is 24.3 Å². The number of aryl methyl sites for hydroxylation is 2. The standard InChI is InChI=1S/C33H60N6O5S/c1-12-25(17-39-24(10)15-23(9)38-39)31(42)36-27(18-45-11)32(43)35-26(13-19(2)3)28(40)14-22(8)30(41)37-29(21(6)7)33(44)34-16-20(4)5/h15,19-22,25-29,40H,12-14,16-18H2,1-11H3,(H,34,44)(H,35,43)(H,36,42)(H,37,41)/t22-,25+,26-,27+,28+,29-/m1/s1. The molecule has 4 amide bonds. The van der Waals surface area contributed by atoms with Gasteiger partial charge in [0.05, 0.1) is 30.3 Å². The van der Waals surface area contributed by atoms with Crippen LogP contribution >= 0.6 is 11.8 Å². The lowest BCUT2D eigenvalue weighted by atomic mass is 9.91. The Morgan fingerprint density at radius 3 is 2.02 bits per heavy atom. The van der Waals surface area contributed by atoms with Crippen LogP contribution in [0, 0.1) is 43.4 Å². The molecule has 0 unspecified atom stereocenters. The Morgan fingerprint density at radius 2 is 1.53 bits per heavy atom. The fraction of sp³-hybridized carbons (Fsp3) is 0.788. The molecule has 0 aliphatic heterocycles. The van der Waals surface area contributed by atoms with Crippen LogP contribution in [0.15, 0.2) is 6.07 Å². The number of amides is 4. The van der Waals surface area contributed by atoms with Crippen molar-refractivity contribution in [2.75, 3.05) is 18.6 Å². The van der Waals surface area contributed by atoms with E-state index in [0.29, 0.717) is 31.7 Å². The number of rotatable bonds is 20. The zero-order valence-electron chi connectivity index (χ0n) is 29.4. The number of carbonyl (C=O) groups is 4. The van der Waals surface area contributed by atoms with E-state index in [1.807, 2.05) is 79.3 Å². The molecule has 0 aromatic carbocycles. The van der Waals surface area contributed by atoms with Gasteiger partial charge in [0.2, 0.25) is 23.6 Å². The third-order valence-electron chi connectivity index (χ3n) is 7.82. The quantitative estimate of drug-likeness (QED) is 0.145. The number of nitrogens with zero attached hydrogens (tertiary/aromatic N) is 2. The molecule has 1 heterocycles. The highest BCUT2D eigenvalue weighted by molar-refractivity contribution is 7.98. The van der Waals surface area contributed by atoms with Gasteiger partial charge in [-0.2, -0.15) is 16.9 Å². The minimum atomic E-state index is -1.01. The van der Waals surface area contributed by atoms with Crippen LogP contribution < -0.4 is 21.3 Å². The van der Waals surface area contributed by atoms with E-state index >= 15 is 0 Å². The summed E-state index contributed by atoms with van der Waals surface area (Å²) in [6.07, 6.45) is 2.03. The van der Waals surface area contributed by atoms with Gasteiger partial charge in [-0.3, -0.25) is 23.9 Å². The number of hydrogen-bond acceptors (Lipinski definition) is 7. The summed E-state index contributed by atoms with van der Waals surface area (Å²) in [6, 6.07) is -0.139. The van der Waals surface area contributed by atoms with Crippen molar-refractivity contribution in [1.29, 1.82) is 0 Å². The molecule has 12 heteroatoms. The molecule has 0 bridgehead atoms. The van der Waals surface area contributed by atoms with E-state index in [-0.39, 0.29) is 53.7 Å². The second-order valence-corrected chi connectivity index (χ2v) is 14.5. The van der Waals surface area contributed by atoms with Crippen LogP contribution in [0.1, 0.15) is 86.0 Å². The number of hydrogen-bond donors (Lipinski definition) is 5. The van der Waals surface area contributed by atoms with E-state index in [2.05, 4.69) is 26.4 Å². The molecule has 0 radical (unpaired) electrons. The van der Waals surface area contributed by atoms with Gasteiger partial charge in [0.25, 0.3) is 0 Å². The number of nitrogens with one attached hydrogen (secondary N) is 4. The highest BCUT2D eigenvalue weighted by atomic mass is 32.2. The topological polar surface area (TPSA) is 154 Å². The molecule has 0 aliphatic rings. The third kappa shape index (κ3) is 14.1. The molecule has 0 fully saturated rings. The lowest BCUT2D eigenvalue weighted by Crippen LogP contribution is -2.55. The fourth-order valence-electron chi connectivity index (χ4n) is 5.09. The van der Waals surface area contributed by atoms with Gasteiger partial charge >= 0.3 is 0 Å². The van der Waals surface area contributed by atoms with Crippen molar-refractivity contribution in [2.24, 2.45) is 29.6 Å². The minimum Gasteiger partial charge on any atom is -0.391 e. The predicted molar refractivity (Wildman–Crippen MR) is 182 cm³/mol. The summed E-state index contributed by atoms with van der Waals surface area (Å²) in [4.78, 5) is 52.7. The number of aliphatic hydroxyl groups excluding tert-OH is 1. The summed E-state index contributed by atoms with van der Waals surface area (Å²) >= 11 is 1.45. The summed E-state index contributed by atoms with van der Waals surface area (Å²) < 4.78 is 1.82. The lowest BCUT2D eigenvalue weighted by molar-refractivity contribution is -0.133. The van der Waals surface area contributed by atoms with Gasteiger partial charge in [-0.25, -0.2) is 0 Å². The van der Waals surface area contributed by atoms with Crippen LogP contribution in [-0.4, -0.2) is 81.3 Å². The molecule has 45 heavy (non-hydrogen) atoms. The monoisotopic (exact) mass is 652 g/mol. The van der Waals surface area contributed by atoms with Crippen molar-refractivity contribution >= 4 is 35.4 Å². The summed E-state index contributed by atoms with van der Waals surface area (Å²) in [5.74, 6) is -1.43. The zero-order valence-corrected chi connectivity index (χ0v) is 30.2. The van der Waals surface area contributed by atoms with E-state index in [9.17, 15) is 24.3 Å². The number of aliphatic hydroxyl groups is 1. The van der Waals surface area contributed by atoms with Crippen molar-refractivity contribution in [3.8, 4) is 0 Å². The van der Waals surface area contributed by atoms with Gasteiger partial charge in [-0.15, -0.1) is 0 Å². The van der Waals surface area contributed by atoms with Gasteiger partial charge in [0.1, 0.15) is 12.1 Å². The number of aromatic nitrogens is 2. The Kier molecular flexibility index (Phi) is 17.8. The van der Waals surface area contributed by atoms with Gasteiger partial charge in [0, 0.05) is 23.9 Å². The van der Waals surface area contributed by atoms with Crippen molar-refractivity contribution in [3.05, 3.63) is 17.5 Å². The highest BCUT2D eigenvalue weighted by Gasteiger charge is 2.32. The molecular formula is C33H60N6O5S. The second-order valence-electron chi connectivity index (χ2n) is 13.5. The van der Waals surface area contributed by atoms with Gasteiger partial charge in [-0.1, -0.05) is 55.4 Å². The van der Waals surface area contributed by atoms with E-state index in [1.54, 1.807) is 6.92 Å². The summed E-state index contributed by atoms with van der Waals surface area (Å²) in [5, 5.41) is 27.4. The van der Waals surface area contributed by atoms with Crippen molar-refractivity contribution in [2.45, 2.75) is 119 Å². The first-order valence-electron chi connectivity index (χ1n) is 16.4. The largest absolute Gasteiger partial charge is 0.391 e. The maximum atomic E-state index is 13.5. The molecule has 258 valence electrons. The van der Waals surface area contributed by atoms with E-state index in [4.69, 9.17) is 0 Å². The normalized spacial score (nSPS) is 15.7. The van der Waals surface area contributed by atoms with Crippen LogP contribution in [0.3, 0.4) is 0 Å². The number of thioether (sulfide) groups is 1. The third-order valence-corrected chi connectivity index (χ3v) is 8.48. The first-order valence-corrected chi connectivity index (χ1v) is 17.8. The summed E-state index contributed by atoms with van der Waals surface area (Å²) in [6.45, 7) is 20.2. The average Bonchev–Trinajstić information content (AvgIpc) is 3.27. The molecule has 11 nitrogen and oxygen atoms in total. The van der Waals surface area contributed by atoms with E-state index in [0.717, 1.165) is 11.4 Å². The molecule has 5 N–H and O–H groups in total. The maximum Gasteiger partial charge on any atom is 0.243 e. The molecule has 0 spiro atoms. The lowest BCUT2D eigenvalue weighted by Gasteiger charge is -2.30. The second kappa shape index (κ2) is 19.8. The molecular weight excluding hydrogens is 592 g/mol. The Balaban J connectivity index is 2.95. The molecule has 0 saturated carbocycles. The van der Waals surface area contributed by atoms with Crippen LogP contribution in [0.5, 0.6) is 0 Å². The van der Waals surface area contributed by atoms with Crippen LogP contribution in [0.2, 0.25) is 0 Å². The maximum absolute atomic E-state index is 13.5. The van der Waals surface area contributed by atoms with Gasteiger partial charge in [0.15, 0.2) is 0 Å². The minimum absolute atomic E-state index is 0.0992. The Labute approximate surface area is 275 Å². The smallest absolute Gasteiger partial charge is 0.243 e. The molecule has 0 aliphatic carbocycles. The van der Waals surface area contributed by atoms with Crippen molar-refractivity contribution in [3.63, 3.8) is 0 Å². The van der Waals surface area contributed by atoms with Crippen LogP contribution in [-0.2, 0) is 25.7 Å². The average molecular weight is 653 g/mol. The Hall–Kier alpha value is -2.60.